The van der Waals surface area contributed by atoms with Crippen molar-refractivity contribution >= 4 is 11.9 Å². The van der Waals surface area contributed by atoms with Crippen LogP contribution in [-0.2, 0) is 11.3 Å². The molecule has 1 amide bonds. The number of amides is 1. The van der Waals surface area contributed by atoms with Gasteiger partial charge in [-0.3, -0.25) is 4.79 Å². The van der Waals surface area contributed by atoms with Crippen LogP contribution < -0.4 is 0 Å². The molecule has 0 spiro atoms. The molecule has 31 heavy (non-hydrogen) atoms. The summed E-state index contributed by atoms with van der Waals surface area (Å²) in [6.07, 6.45) is 2.10. The first-order valence-electron chi connectivity index (χ1n) is 10.8. The molecule has 2 unspecified atom stereocenters. The molecule has 3 aromatic carbocycles. The number of benzene rings is 3. The van der Waals surface area contributed by atoms with Crippen molar-refractivity contribution < 1.29 is 14.3 Å². The average Bonchev–Trinajstić information content (AvgIpc) is 3.31. The smallest absolute Gasteiger partial charge is 0.410 e. The number of Topliss-reactive ketones (excluding diaryl/α,β-unsaturated/α-hetero) is 1. The van der Waals surface area contributed by atoms with Crippen molar-refractivity contribution in [2.75, 3.05) is 6.54 Å². The lowest BCUT2D eigenvalue weighted by molar-refractivity contribution is 0.0840. The average molecular weight is 414 g/mol. The van der Waals surface area contributed by atoms with E-state index in [4.69, 9.17) is 4.74 Å². The van der Waals surface area contributed by atoms with E-state index in [1.165, 1.54) is 0 Å². The van der Waals surface area contributed by atoms with E-state index in [2.05, 4.69) is 0 Å². The third kappa shape index (κ3) is 5.21. The van der Waals surface area contributed by atoms with Gasteiger partial charge in [-0.1, -0.05) is 91.0 Å². The van der Waals surface area contributed by atoms with Crippen LogP contribution in [0, 0.1) is 0 Å². The SMILES string of the molecule is O=C(c1ccccc1)C(CC1CCCN1C(=O)OCc1ccccc1)c1ccccc1. The zero-order valence-corrected chi connectivity index (χ0v) is 17.5. The lowest BCUT2D eigenvalue weighted by Gasteiger charge is -2.27. The summed E-state index contributed by atoms with van der Waals surface area (Å²) < 4.78 is 5.58. The van der Waals surface area contributed by atoms with Crippen molar-refractivity contribution in [1.82, 2.24) is 4.90 Å². The molecule has 0 bridgehead atoms. The number of hydrogen-bond acceptors (Lipinski definition) is 3. The maximum Gasteiger partial charge on any atom is 0.410 e. The van der Waals surface area contributed by atoms with Gasteiger partial charge in [-0.25, -0.2) is 4.79 Å². The van der Waals surface area contributed by atoms with E-state index in [1.807, 2.05) is 91.0 Å². The molecule has 4 nitrogen and oxygen atoms in total. The number of carbonyl (C=O) groups excluding carboxylic acids is 2. The maximum atomic E-state index is 13.4. The first-order valence-corrected chi connectivity index (χ1v) is 10.8. The standard InChI is InChI=1S/C27H27NO3/c29-26(23-15-8-3-9-16-23)25(22-13-6-2-7-14-22)19-24-17-10-18-28(24)27(30)31-20-21-11-4-1-5-12-21/h1-9,11-16,24-25H,10,17-20H2. The van der Waals surface area contributed by atoms with Gasteiger partial charge in [0.15, 0.2) is 5.78 Å². The van der Waals surface area contributed by atoms with Gasteiger partial charge in [0.05, 0.1) is 0 Å². The van der Waals surface area contributed by atoms with E-state index in [0.717, 1.165) is 24.0 Å². The molecule has 0 radical (unpaired) electrons. The van der Waals surface area contributed by atoms with Crippen LogP contribution in [0.4, 0.5) is 4.79 Å². The van der Waals surface area contributed by atoms with Crippen molar-refractivity contribution in [1.29, 1.82) is 0 Å². The Bertz CT molecular complexity index is 989. The third-order valence-electron chi connectivity index (χ3n) is 5.90. The van der Waals surface area contributed by atoms with E-state index < -0.39 is 0 Å². The van der Waals surface area contributed by atoms with Crippen molar-refractivity contribution in [2.45, 2.75) is 37.8 Å². The fourth-order valence-electron chi connectivity index (χ4n) is 4.28. The first kappa shape index (κ1) is 20.9. The summed E-state index contributed by atoms with van der Waals surface area (Å²) in [5.41, 5.74) is 2.65. The van der Waals surface area contributed by atoms with Crippen LogP contribution in [0.15, 0.2) is 91.0 Å². The Kier molecular flexibility index (Phi) is 6.78. The van der Waals surface area contributed by atoms with Gasteiger partial charge in [0, 0.05) is 24.1 Å². The number of rotatable bonds is 7. The fraction of sp³-hybridized carbons (Fsp3) is 0.259. The zero-order valence-electron chi connectivity index (χ0n) is 17.5. The Balaban J connectivity index is 1.49. The van der Waals surface area contributed by atoms with Gasteiger partial charge < -0.3 is 9.64 Å². The van der Waals surface area contributed by atoms with Gasteiger partial charge in [-0.05, 0) is 30.4 Å². The lowest BCUT2D eigenvalue weighted by atomic mass is 9.85. The molecular formula is C27H27NO3. The molecule has 158 valence electrons. The summed E-state index contributed by atoms with van der Waals surface area (Å²) in [5, 5.41) is 0. The van der Waals surface area contributed by atoms with E-state index in [9.17, 15) is 9.59 Å². The normalized spacial score (nSPS) is 16.6. The Morgan fingerprint density at radius 3 is 2.16 bits per heavy atom. The largest absolute Gasteiger partial charge is 0.445 e. The molecule has 4 rings (SSSR count). The second-order valence-electron chi connectivity index (χ2n) is 7.96. The quantitative estimate of drug-likeness (QED) is 0.457. The van der Waals surface area contributed by atoms with Gasteiger partial charge in [0.2, 0.25) is 0 Å². The molecule has 1 fully saturated rings. The first-order chi connectivity index (χ1) is 15.2. The van der Waals surface area contributed by atoms with Crippen LogP contribution in [0.1, 0.15) is 46.7 Å². The minimum atomic E-state index is -0.301. The van der Waals surface area contributed by atoms with Crippen LogP contribution in [0.2, 0.25) is 0 Å². The third-order valence-corrected chi connectivity index (χ3v) is 5.90. The second kappa shape index (κ2) is 10.1. The van der Waals surface area contributed by atoms with Crippen molar-refractivity contribution in [2.24, 2.45) is 0 Å². The number of ketones is 1. The lowest BCUT2D eigenvalue weighted by Crippen LogP contribution is -2.37. The van der Waals surface area contributed by atoms with Crippen LogP contribution in [0.5, 0.6) is 0 Å². The highest BCUT2D eigenvalue weighted by molar-refractivity contribution is 6.01. The molecule has 1 aliphatic rings. The summed E-state index contributed by atoms with van der Waals surface area (Å²) >= 11 is 0. The number of nitrogens with zero attached hydrogens (tertiary/aromatic N) is 1. The van der Waals surface area contributed by atoms with Gasteiger partial charge >= 0.3 is 6.09 Å². The molecule has 2 atom stereocenters. The highest BCUT2D eigenvalue weighted by atomic mass is 16.6. The summed E-state index contributed by atoms with van der Waals surface area (Å²) in [7, 11) is 0. The van der Waals surface area contributed by atoms with Crippen molar-refractivity contribution in [3.05, 3.63) is 108 Å². The topological polar surface area (TPSA) is 46.6 Å². The molecular weight excluding hydrogens is 386 g/mol. The van der Waals surface area contributed by atoms with E-state index >= 15 is 0 Å². The maximum absolute atomic E-state index is 13.4. The molecule has 4 heteroatoms. The van der Waals surface area contributed by atoms with Gasteiger partial charge in [-0.15, -0.1) is 0 Å². The van der Waals surface area contributed by atoms with Crippen LogP contribution in [-0.4, -0.2) is 29.4 Å². The van der Waals surface area contributed by atoms with Crippen molar-refractivity contribution in [3.8, 4) is 0 Å². The highest BCUT2D eigenvalue weighted by Crippen LogP contribution is 2.32. The monoisotopic (exact) mass is 413 g/mol. The minimum Gasteiger partial charge on any atom is -0.445 e. The van der Waals surface area contributed by atoms with Gasteiger partial charge in [-0.2, -0.15) is 0 Å². The van der Waals surface area contributed by atoms with Gasteiger partial charge in [0.1, 0.15) is 6.61 Å². The molecule has 1 saturated heterocycles. The summed E-state index contributed by atoms with van der Waals surface area (Å²) in [6, 6.07) is 29.0. The summed E-state index contributed by atoms with van der Waals surface area (Å²) in [4.78, 5) is 28.0. The van der Waals surface area contributed by atoms with Crippen LogP contribution in [0.3, 0.4) is 0 Å². The zero-order chi connectivity index (χ0) is 21.5. The van der Waals surface area contributed by atoms with Crippen molar-refractivity contribution in [3.63, 3.8) is 0 Å². The number of hydrogen-bond donors (Lipinski definition) is 0. The Morgan fingerprint density at radius 2 is 1.48 bits per heavy atom. The predicted octanol–water partition coefficient (Wildman–Crippen LogP) is 5.84. The highest BCUT2D eigenvalue weighted by Gasteiger charge is 2.34. The molecule has 0 aliphatic carbocycles. The molecule has 3 aromatic rings. The Hall–Kier alpha value is -3.40. The second-order valence-corrected chi connectivity index (χ2v) is 7.96. The van der Waals surface area contributed by atoms with E-state index in [1.54, 1.807) is 4.90 Å². The molecule has 0 saturated carbocycles. The van der Waals surface area contributed by atoms with E-state index in [0.29, 0.717) is 18.5 Å². The number of likely N-dealkylation sites (tertiary alicyclic amines) is 1. The van der Waals surface area contributed by atoms with E-state index in [-0.39, 0.29) is 30.4 Å². The van der Waals surface area contributed by atoms with Crippen LogP contribution >= 0.6 is 0 Å². The predicted molar refractivity (Wildman–Crippen MR) is 121 cm³/mol. The van der Waals surface area contributed by atoms with Gasteiger partial charge in [0.25, 0.3) is 0 Å². The summed E-state index contributed by atoms with van der Waals surface area (Å²) in [6.45, 7) is 0.924. The molecule has 0 N–H and O–H groups in total. The fourth-order valence-corrected chi connectivity index (χ4v) is 4.28. The molecule has 1 heterocycles. The summed E-state index contributed by atoms with van der Waals surface area (Å²) in [5.74, 6) is -0.201. The molecule has 1 aliphatic heterocycles. The number of carbonyl (C=O) groups is 2. The Labute approximate surface area is 183 Å². The minimum absolute atomic E-state index is 0.0128. The van der Waals surface area contributed by atoms with Crippen LogP contribution in [0.25, 0.3) is 0 Å². The Morgan fingerprint density at radius 1 is 0.871 bits per heavy atom. The molecule has 0 aromatic heterocycles. The number of ether oxygens (including phenoxy) is 1.